The molecule has 1 aromatic rings. The topological polar surface area (TPSA) is 55.3 Å². The van der Waals surface area contributed by atoms with Crippen molar-refractivity contribution >= 4 is 6.01 Å². The lowest BCUT2D eigenvalue weighted by Gasteiger charge is -2.26. The molecule has 1 aromatic heterocycles. The van der Waals surface area contributed by atoms with E-state index in [1.807, 2.05) is 0 Å². The van der Waals surface area contributed by atoms with E-state index < -0.39 is 0 Å². The van der Waals surface area contributed by atoms with Gasteiger partial charge in [-0.25, -0.2) is 0 Å². The maximum Gasteiger partial charge on any atom is 0.292 e. The highest BCUT2D eigenvalue weighted by Gasteiger charge is 2.21. The largest absolute Gasteiger partial charge is 0.429 e. The first-order chi connectivity index (χ1) is 6.65. The van der Waals surface area contributed by atoms with Gasteiger partial charge in [-0.3, -0.25) is 4.90 Å². The van der Waals surface area contributed by atoms with Crippen LogP contribution in [0.2, 0.25) is 0 Å². The van der Waals surface area contributed by atoms with Crippen LogP contribution in [0.5, 0.6) is 0 Å². The Morgan fingerprint density at radius 2 is 2.36 bits per heavy atom. The normalized spacial score (nSPS) is 17.4. The number of nitrogen functional groups attached to an aromatic ring is 1. The van der Waals surface area contributed by atoms with Crippen molar-refractivity contribution in [3.05, 3.63) is 11.5 Å². The fourth-order valence-electron chi connectivity index (χ4n) is 1.94. The number of rotatable bonds is 2. The van der Waals surface area contributed by atoms with Crippen molar-refractivity contribution in [1.29, 1.82) is 0 Å². The number of hydrogen-bond donors (Lipinski definition) is 1. The first-order valence-corrected chi connectivity index (χ1v) is 5.11. The molecule has 78 valence electrons. The van der Waals surface area contributed by atoms with Gasteiger partial charge in [0.15, 0.2) is 0 Å². The highest BCUT2D eigenvalue weighted by atomic mass is 16.4. The van der Waals surface area contributed by atoms with Crippen LogP contribution < -0.4 is 5.73 Å². The van der Waals surface area contributed by atoms with Crippen molar-refractivity contribution < 1.29 is 4.42 Å². The lowest BCUT2D eigenvalue weighted by Crippen LogP contribution is -2.33. The molecule has 0 saturated carbocycles. The van der Waals surface area contributed by atoms with Gasteiger partial charge in [0.05, 0.1) is 5.69 Å². The van der Waals surface area contributed by atoms with Gasteiger partial charge in [-0.15, -0.1) is 0 Å². The van der Waals surface area contributed by atoms with Crippen molar-refractivity contribution in [3.63, 3.8) is 0 Å². The summed E-state index contributed by atoms with van der Waals surface area (Å²) < 4.78 is 5.30. The highest BCUT2D eigenvalue weighted by Crippen LogP contribution is 2.21. The lowest BCUT2D eigenvalue weighted by atomic mass is 10.1. The van der Waals surface area contributed by atoms with Crippen LogP contribution in [0.4, 0.5) is 6.01 Å². The number of aromatic nitrogens is 1. The molecule has 0 spiro atoms. The molecule has 4 heteroatoms. The summed E-state index contributed by atoms with van der Waals surface area (Å²) in [6.45, 7) is 7.51. The van der Waals surface area contributed by atoms with Crippen LogP contribution in [-0.2, 0) is 13.0 Å². The average Bonchev–Trinajstić information content (AvgIpc) is 2.42. The molecule has 1 aliphatic heterocycles. The molecule has 14 heavy (non-hydrogen) atoms. The fourth-order valence-corrected chi connectivity index (χ4v) is 1.94. The molecule has 1 aliphatic rings. The number of anilines is 1. The van der Waals surface area contributed by atoms with Crippen molar-refractivity contribution in [2.24, 2.45) is 5.92 Å². The summed E-state index contributed by atoms with van der Waals surface area (Å²) in [4.78, 5) is 6.58. The molecule has 0 fully saturated rings. The Morgan fingerprint density at radius 3 is 3.07 bits per heavy atom. The zero-order chi connectivity index (χ0) is 10.1. The molecular formula is C10H17N3O. The van der Waals surface area contributed by atoms with Crippen LogP contribution >= 0.6 is 0 Å². The van der Waals surface area contributed by atoms with Crippen LogP contribution in [0.15, 0.2) is 4.42 Å². The third-order valence-electron chi connectivity index (χ3n) is 2.45. The second-order valence-electron chi connectivity index (χ2n) is 4.30. The van der Waals surface area contributed by atoms with Gasteiger partial charge >= 0.3 is 0 Å². The summed E-state index contributed by atoms with van der Waals surface area (Å²) >= 11 is 0. The predicted molar refractivity (Wildman–Crippen MR) is 54.7 cm³/mol. The maximum absolute atomic E-state index is 5.51. The first-order valence-electron chi connectivity index (χ1n) is 5.11. The third kappa shape index (κ3) is 1.90. The van der Waals surface area contributed by atoms with Crippen molar-refractivity contribution in [3.8, 4) is 0 Å². The predicted octanol–water partition coefficient (Wildman–Crippen LogP) is 1.27. The fraction of sp³-hybridized carbons (Fsp3) is 0.700. The summed E-state index contributed by atoms with van der Waals surface area (Å²) in [5, 5.41) is 0. The zero-order valence-corrected chi connectivity index (χ0v) is 8.79. The van der Waals surface area contributed by atoms with Gasteiger partial charge in [-0.1, -0.05) is 13.8 Å². The Balaban J connectivity index is 2.05. The monoisotopic (exact) mass is 195 g/mol. The summed E-state index contributed by atoms with van der Waals surface area (Å²) in [6.07, 6.45) is 0.937. The van der Waals surface area contributed by atoms with E-state index in [4.69, 9.17) is 10.2 Å². The Labute approximate surface area is 84.1 Å². The molecule has 0 atom stereocenters. The van der Waals surface area contributed by atoms with E-state index in [0.29, 0.717) is 11.9 Å². The molecule has 0 aromatic carbocycles. The molecule has 2 heterocycles. The second-order valence-corrected chi connectivity index (χ2v) is 4.30. The minimum atomic E-state index is 0.307. The van der Waals surface area contributed by atoms with Crippen LogP contribution in [0.3, 0.4) is 0 Å². The van der Waals surface area contributed by atoms with E-state index in [1.165, 1.54) is 0 Å². The Hall–Kier alpha value is -1.03. The number of nitrogens with two attached hydrogens (primary N) is 1. The first kappa shape index (κ1) is 9.52. The SMILES string of the molecule is CC(C)CN1CCc2oc(N)nc2C1. The van der Waals surface area contributed by atoms with E-state index in [9.17, 15) is 0 Å². The maximum atomic E-state index is 5.51. The van der Waals surface area contributed by atoms with Gasteiger partial charge in [-0.2, -0.15) is 4.98 Å². The van der Waals surface area contributed by atoms with Crippen LogP contribution in [0.25, 0.3) is 0 Å². The quantitative estimate of drug-likeness (QED) is 0.772. The van der Waals surface area contributed by atoms with E-state index in [2.05, 4.69) is 23.7 Å². The summed E-state index contributed by atoms with van der Waals surface area (Å²) in [6, 6.07) is 0.307. The average molecular weight is 195 g/mol. The van der Waals surface area contributed by atoms with Crippen molar-refractivity contribution in [1.82, 2.24) is 9.88 Å². The molecule has 0 saturated heterocycles. The summed E-state index contributed by atoms with van der Waals surface area (Å²) in [5.74, 6) is 1.67. The van der Waals surface area contributed by atoms with Crippen molar-refractivity contribution in [2.45, 2.75) is 26.8 Å². The second kappa shape index (κ2) is 3.61. The Bertz CT molecular complexity index is 319. The number of hydrogen-bond acceptors (Lipinski definition) is 4. The number of fused-ring (bicyclic) bond motifs is 1. The van der Waals surface area contributed by atoms with Crippen LogP contribution in [-0.4, -0.2) is 23.0 Å². The van der Waals surface area contributed by atoms with Crippen LogP contribution in [0.1, 0.15) is 25.3 Å². The van der Waals surface area contributed by atoms with Gasteiger partial charge < -0.3 is 10.2 Å². The smallest absolute Gasteiger partial charge is 0.292 e. The molecule has 0 amide bonds. The molecule has 2 rings (SSSR count). The summed E-state index contributed by atoms with van der Waals surface area (Å²) in [7, 11) is 0. The van der Waals surface area contributed by atoms with E-state index in [0.717, 1.165) is 37.5 Å². The van der Waals surface area contributed by atoms with Gasteiger partial charge in [0.25, 0.3) is 6.01 Å². The van der Waals surface area contributed by atoms with E-state index >= 15 is 0 Å². The van der Waals surface area contributed by atoms with Gasteiger partial charge in [0.1, 0.15) is 5.76 Å². The van der Waals surface area contributed by atoms with Crippen LogP contribution in [0, 0.1) is 5.92 Å². The molecule has 0 bridgehead atoms. The highest BCUT2D eigenvalue weighted by molar-refractivity contribution is 5.21. The van der Waals surface area contributed by atoms with Gasteiger partial charge in [-0.05, 0) is 5.92 Å². The molecule has 2 N–H and O–H groups in total. The minimum Gasteiger partial charge on any atom is -0.429 e. The summed E-state index contributed by atoms with van der Waals surface area (Å²) in [5.41, 5.74) is 6.53. The van der Waals surface area contributed by atoms with E-state index in [1.54, 1.807) is 0 Å². The Kier molecular flexibility index (Phi) is 2.46. The van der Waals surface area contributed by atoms with E-state index in [-0.39, 0.29) is 0 Å². The molecular weight excluding hydrogens is 178 g/mol. The lowest BCUT2D eigenvalue weighted by molar-refractivity contribution is 0.215. The third-order valence-corrected chi connectivity index (χ3v) is 2.45. The zero-order valence-electron chi connectivity index (χ0n) is 8.79. The number of nitrogens with zero attached hydrogens (tertiary/aromatic N) is 2. The molecule has 4 nitrogen and oxygen atoms in total. The minimum absolute atomic E-state index is 0.307. The molecule has 0 radical (unpaired) electrons. The van der Waals surface area contributed by atoms with Crippen molar-refractivity contribution in [2.75, 3.05) is 18.8 Å². The van der Waals surface area contributed by atoms with Gasteiger partial charge in [0.2, 0.25) is 0 Å². The standard InChI is InChI=1S/C10H17N3O/c1-7(2)5-13-4-3-9-8(6-13)12-10(11)14-9/h7H,3-6H2,1-2H3,(H2,11,12). The number of oxazole rings is 1. The van der Waals surface area contributed by atoms with Gasteiger partial charge in [0, 0.05) is 26.1 Å². The Morgan fingerprint density at radius 1 is 1.57 bits per heavy atom. The molecule has 0 aliphatic carbocycles. The molecule has 0 unspecified atom stereocenters.